The first kappa shape index (κ1) is 12.4. The predicted molar refractivity (Wildman–Crippen MR) is 69.4 cm³/mol. The Hall–Kier alpha value is -2.10. The minimum atomic E-state index is -0.278. The van der Waals surface area contributed by atoms with Crippen LogP contribution in [0.4, 0.5) is 10.1 Å². The molecule has 0 aliphatic heterocycles. The zero-order chi connectivity index (χ0) is 13.3. The van der Waals surface area contributed by atoms with Crippen molar-refractivity contribution in [3.05, 3.63) is 52.6 Å². The molecule has 1 amide bonds. The zero-order valence-electron chi connectivity index (χ0n) is 10.6. The first-order valence-electron chi connectivity index (χ1n) is 5.71. The quantitative estimate of drug-likeness (QED) is 0.838. The molecule has 4 heteroatoms. The number of aryl methyl sites for hydroxylation is 2. The van der Waals surface area contributed by atoms with E-state index in [0.29, 0.717) is 16.9 Å². The van der Waals surface area contributed by atoms with E-state index in [-0.39, 0.29) is 11.7 Å². The fraction of sp³-hybridized carbons (Fsp3) is 0.214. The Morgan fingerprint density at radius 3 is 2.50 bits per heavy atom. The minimum Gasteiger partial charge on any atom is -0.357 e. The molecular weight excluding hydrogens is 231 g/mol. The highest BCUT2D eigenvalue weighted by atomic mass is 19.1. The molecule has 3 nitrogen and oxygen atoms in total. The zero-order valence-corrected chi connectivity index (χ0v) is 10.6. The van der Waals surface area contributed by atoms with E-state index in [2.05, 4.69) is 10.3 Å². The monoisotopic (exact) mass is 246 g/mol. The summed E-state index contributed by atoms with van der Waals surface area (Å²) in [5.41, 5.74) is 3.59. The van der Waals surface area contributed by atoms with Crippen molar-refractivity contribution in [2.24, 2.45) is 0 Å². The van der Waals surface area contributed by atoms with Crippen LogP contribution in [0.1, 0.15) is 27.2 Å². The van der Waals surface area contributed by atoms with Gasteiger partial charge in [0, 0.05) is 11.9 Å². The van der Waals surface area contributed by atoms with E-state index in [4.69, 9.17) is 0 Å². The topological polar surface area (TPSA) is 44.9 Å². The Morgan fingerprint density at radius 2 is 1.94 bits per heavy atom. The molecule has 0 saturated heterocycles. The van der Waals surface area contributed by atoms with Crippen molar-refractivity contribution in [2.75, 3.05) is 5.32 Å². The van der Waals surface area contributed by atoms with Gasteiger partial charge >= 0.3 is 0 Å². The standard InChI is InChI=1S/C14H15FN2O/c1-8-6-11(4-5-12(8)15)17-14(18)13-10(3)9(2)7-16-13/h4-7,16H,1-3H3,(H,17,18). The van der Waals surface area contributed by atoms with Gasteiger partial charge in [-0.1, -0.05) is 0 Å². The molecule has 1 aromatic carbocycles. The van der Waals surface area contributed by atoms with E-state index in [1.807, 2.05) is 13.8 Å². The number of benzene rings is 1. The molecule has 0 bridgehead atoms. The summed E-state index contributed by atoms with van der Waals surface area (Å²) in [6, 6.07) is 4.50. The van der Waals surface area contributed by atoms with Crippen molar-refractivity contribution in [1.29, 1.82) is 0 Å². The number of amides is 1. The van der Waals surface area contributed by atoms with Gasteiger partial charge in [-0.25, -0.2) is 4.39 Å². The number of nitrogens with one attached hydrogen (secondary N) is 2. The third kappa shape index (κ3) is 2.27. The molecule has 94 valence electrons. The predicted octanol–water partition coefficient (Wildman–Crippen LogP) is 3.33. The van der Waals surface area contributed by atoms with Crippen molar-refractivity contribution in [3.63, 3.8) is 0 Å². The summed E-state index contributed by atoms with van der Waals surface area (Å²) in [5.74, 6) is -0.494. The Bertz CT molecular complexity index is 602. The molecule has 18 heavy (non-hydrogen) atoms. The van der Waals surface area contributed by atoms with Crippen LogP contribution in [0.15, 0.2) is 24.4 Å². The van der Waals surface area contributed by atoms with Crippen molar-refractivity contribution in [2.45, 2.75) is 20.8 Å². The molecule has 1 heterocycles. The van der Waals surface area contributed by atoms with Gasteiger partial charge < -0.3 is 10.3 Å². The van der Waals surface area contributed by atoms with Crippen molar-refractivity contribution in [1.82, 2.24) is 4.98 Å². The van der Waals surface area contributed by atoms with Gasteiger partial charge in [-0.15, -0.1) is 0 Å². The van der Waals surface area contributed by atoms with E-state index >= 15 is 0 Å². The number of H-pyrrole nitrogens is 1. The number of hydrogen-bond donors (Lipinski definition) is 2. The first-order chi connectivity index (χ1) is 8.49. The van der Waals surface area contributed by atoms with Gasteiger partial charge in [0.25, 0.3) is 5.91 Å². The molecule has 0 spiro atoms. The van der Waals surface area contributed by atoms with Crippen LogP contribution in [0.3, 0.4) is 0 Å². The molecule has 2 N–H and O–H groups in total. The van der Waals surface area contributed by atoms with E-state index in [9.17, 15) is 9.18 Å². The number of rotatable bonds is 2. The molecule has 2 rings (SSSR count). The third-order valence-corrected chi connectivity index (χ3v) is 3.04. The van der Waals surface area contributed by atoms with Crippen molar-refractivity contribution in [3.8, 4) is 0 Å². The second-order valence-corrected chi connectivity index (χ2v) is 4.39. The average Bonchev–Trinajstić information content (AvgIpc) is 2.65. The van der Waals surface area contributed by atoms with Gasteiger partial charge in [-0.3, -0.25) is 4.79 Å². The van der Waals surface area contributed by atoms with E-state index < -0.39 is 0 Å². The van der Waals surface area contributed by atoms with Crippen LogP contribution >= 0.6 is 0 Å². The number of carbonyl (C=O) groups excluding carboxylic acids is 1. The highest BCUT2D eigenvalue weighted by Gasteiger charge is 2.12. The number of hydrogen-bond acceptors (Lipinski definition) is 1. The number of aromatic amines is 1. The summed E-state index contributed by atoms with van der Waals surface area (Å²) in [6.07, 6.45) is 1.79. The van der Waals surface area contributed by atoms with Gasteiger partial charge in [-0.05, 0) is 55.7 Å². The largest absolute Gasteiger partial charge is 0.357 e. The van der Waals surface area contributed by atoms with Crippen LogP contribution in [-0.4, -0.2) is 10.9 Å². The summed E-state index contributed by atoms with van der Waals surface area (Å²) in [6.45, 7) is 5.48. The van der Waals surface area contributed by atoms with Crippen LogP contribution < -0.4 is 5.32 Å². The number of aromatic nitrogens is 1. The fourth-order valence-electron chi connectivity index (χ4n) is 1.75. The van der Waals surface area contributed by atoms with Gasteiger partial charge in [0.15, 0.2) is 0 Å². The maximum absolute atomic E-state index is 13.1. The average molecular weight is 246 g/mol. The lowest BCUT2D eigenvalue weighted by atomic mass is 10.1. The molecule has 0 unspecified atom stereocenters. The Balaban J connectivity index is 2.21. The van der Waals surface area contributed by atoms with Gasteiger partial charge in [0.05, 0.1) is 0 Å². The van der Waals surface area contributed by atoms with Crippen LogP contribution in [0.25, 0.3) is 0 Å². The highest BCUT2D eigenvalue weighted by molar-refractivity contribution is 6.04. The molecule has 0 aliphatic rings. The van der Waals surface area contributed by atoms with E-state index in [1.54, 1.807) is 25.3 Å². The van der Waals surface area contributed by atoms with Gasteiger partial charge in [0.2, 0.25) is 0 Å². The number of halogens is 1. The van der Waals surface area contributed by atoms with Crippen LogP contribution in [-0.2, 0) is 0 Å². The molecule has 0 fully saturated rings. The Labute approximate surface area is 105 Å². The highest BCUT2D eigenvalue weighted by Crippen LogP contribution is 2.16. The lowest BCUT2D eigenvalue weighted by molar-refractivity contribution is 0.102. The fourth-order valence-corrected chi connectivity index (χ4v) is 1.75. The third-order valence-electron chi connectivity index (χ3n) is 3.04. The second kappa shape index (κ2) is 4.64. The number of anilines is 1. The molecule has 2 aromatic rings. The molecule has 0 aliphatic carbocycles. The molecule has 0 saturated carbocycles. The number of carbonyl (C=O) groups is 1. The molecule has 0 atom stereocenters. The van der Waals surface area contributed by atoms with Crippen LogP contribution in [0, 0.1) is 26.6 Å². The maximum Gasteiger partial charge on any atom is 0.272 e. The maximum atomic E-state index is 13.1. The lowest BCUT2D eigenvalue weighted by Gasteiger charge is -2.06. The van der Waals surface area contributed by atoms with E-state index in [1.165, 1.54) is 6.07 Å². The molecular formula is C14H15FN2O. The smallest absolute Gasteiger partial charge is 0.272 e. The Morgan fingerprint density at radius 1 is 1.22 bits per heavy atom. The van der Waals surface area contributed by atoms with Crippen LogP contribution in [0.2, 0.25) is 0 Å². The lowest BCUT2D eigenvalue weighted by Crippen LogP contribution is -2.13. The SMILES string of the molecule is Cc1cc(NC(=O)c2[nH]cc(C)c2C)ccc1F. The first-order valence-corrected chi connectivity index (χ1v) is 5.71. The summed E-state index contributed by atoms with van der Waals surface area (Å²) >= 11 is 0. The van der Waals surface area contributed by atoms with Crippen molar-refractivity contribution < 1.29 is 9.18 Å². The summed E-state index contributed by atoms with van der Waals surface area (Å²) in [5, 5.41) is 2.74. The summed E-state index contributed by atoms with van der Waals surface area (Å²) in [7, 11) is 0. The Kier molecular flexibility index (Phi) is 3.19. The summed E-state index contributed by atoms with van der Waals surface area (Å²) in [4.78, 5) is 14.9. The normalized spacial score (nSPS) is 10.4. The minimum absolute atomic E-state index is 0.216. The molecule has 0 radical (unpaired) electrons. The van der Waals surface area contributed by atoms with Crippen molar-refractivity contribution >= 4 is 11.6 Å². The van der Waals surface area contributed by atoms with Crippen LogP contribution in [0.5, 0.6) is 0 Å². The summed E-state index contributed by atoms with van der Waals surface area (Å²) < 4.78 is 13.1. The molecule has 1 aromatic heterocycles. The van der Waals surface area contributed by atoms with Gasteiger partial charge in [-0.2, -0.15) is 0 Å². The van der Waals surface area contributed by atoms with E-state index in [0.717, 1.165) is 11.1 Å². The van der Waals surface area contributed by atoms with Gasteiger partial charge in [0.1, 0.15) is 11.5 Å². The second-order valence-electron chi connectivity index (χ2n) is 4.39.